The quantitative estimate of drug-likeness (QED) is 0.295. The van der Waals surface area contributed by atoms with E-state index in [4.69, 9.17) is 0 Å². The molecule has 0 bridgehead atoms. The number of aryl methyl sites for hydroxylation is 1. The molecule has 1 aliphatic rings. The third kappa shape index (κ3) is 8.91. The largest absolute Gasteiger partial charge is 0.352 e. The molecule has 1 aliphatic carbocycles. The van der Waals surface area contributed by atoms with Gasteiger partial charge in [-0.2, -0.15) is 0 Å². The van der Waals surface area contributed by atoms with Gasteiger partial charge in [0, 0.05) is 23.5 Å². The Labute approximate surface area is 252 Å². The molecule has 3 aromatic rings. The van der Waals surface area contributed by atoms with E-state index in [1.165, 1.54) is 0 Å². The summed E-state index contributed by atoms with van der Waals surface area (Å²) in [7, 11) is -3.80. The normalized spacial score (nSPS) is 14.7. The second-order valence-corrected chi connectivity index (χ2v) is 13.6. The van der Waals surface area contributed by atoms with Gasteiger partial charge in [-0.1, -0.05) is 95.4 Å². The first-order valence-corrected chi connectivity index (χ1v) is 16.7. The summed E-state index contributed by atoms with van der Waals surface area (Å²) in [5.74, 6) is -0.657. The van der Waals surface area contributed by atoms with Gasteiger partial charge in [-0.25, -0.2) is 8.42 Å². The van der Waals surface area contributed by atoms with Crippen LogP contribution in [0.1, 0.15) is 48.8 Å². The van der Waals surface area contributed by atoms with E-state index in [1.807, 2.05) is 61.5 Å². The lowest BCUT2D eigenvalue weighted by atomic mass is 9.94. The summed E-state index contributed by atoms with van der Waals surface area (Å²) in [6, 6.07) is 23.5. The number of amides is 2. The second kappa shape index (κ2) is 14.1. The Morgan fingerprint density at radius 3 is 2.22 bits per heavy atom. The number of sulfonamides is 1. The zero-order valence-electron chi connectivity index (χ0n) is 23.6. The highest BCUT2D eigenvalue weighted by atomic mass is 79.9. The van der Waals surface area contributed by atoms with Crippen LogP contribution in [-0.2, 0) is 32.6 Å². The molecule has 7 nitrogen and oxygen atoms in total. The van der Waals surface area contributed by atoms with Crippen LogP contribution < -0.4 is 9.62 Å². The number of carbonyl (C=O) groups is 2. The van der Waals surface area contributed by atoms with Crippen LogP contribution in [0, 0.1) is 6.92 Å². The molecule has 9 heteroatoms. The van der Waals surface area contributed by atoms with Gasteiger partial charge in [0.15, 0.2) is 0 Å². The van der Waals surface area contributed by atoms with Gasteiger partial charge < -0.3 is 10.2 Å². The molecule has 0 radical (unpaired) electrons. The number of hydrogen-bond acceptors (Lipinski definition) is 4. The molecule has 1 atom stereocenters. The molecule has 0 aliphatic heterocycles. The van der Waals surface area contributed by atoms with Crippen LogP contribution >= 0.6 is 15.9 Å². The minimum atomic E-state index is -3.80. The number of nitrogens with one attached hydrogen (secondary N) is 1. The van der Waals surface area contributed by atoms with Crippen LogP contribution in [-0.4, -0.2) is 50.0 Å². The van der Waals surface area contributed by atoms with Crippen LogP contribution in [0.15, 0.2) is 83.3 Å². The number of halogens is 1. The van der Waals surface area contributed by atoms with Crippen molar-refractivity contribution in [2.75, 3.05) is 17.1 Å². The molecule has 2 amide bonds. The maximum absolute atomic E-state index is 14.2. The van der Waals surface area contributed by atoms with Crippen molar-refractivity contribution in [1.82, 2.24) is 10.2 Å². The molecule has 1 saturated carbocycles. The number of anilines is 1. The predicted octanol–water partition coefficient (Wildman–Crippen LogP) is 5.61. The minimum Gasteiger partial charge on any atom is -0.352 e. The molecular weight excluding hydrogens is 602 g/mol. The summed E-state index contributed by atoms with van der Waals surface area (Å²) in [5.41, 5.74) is 3.21. The Morgan fingerprint density at radius 2 is 1.59 bits per heavy atom. The molecule has 1 N–H and O–H groups in total. The van der Waals surface area contributed by atoms with E-state index >= 15 is 0 Å². The van der Waals surface area contributed by atoms with Crippen molar-refractivity contribution < 1.29 is 18.0 Å². The van der Waals surface area contributed by atoms with Crippen LogP contribution in [0.5, 0.6) is 0 Å². The van der Waals surface area contributed by atoms with Crippen LogP contribution in [0.25, 0.3) is 0 Å². The van der Waals surface area contributed by atoms with Gasteiger partial charge in [-0.3, -0.25) is 13.9 Å². The number of hydrogen-bond donors (Lipinski definition) is 1. The third-order valence-corrected chi connectivity index (χ3v) is 9.12. The highest BCUT2D eigenvalue weighted by molar-refractivity contribution is 9.10. The zero-order chi connectivity index (χ0) is 29.4. The van der Waals surface area contributed by atoms with E-state index in [-0.39, 0.29) is 18.5 Å². The summed E-state index contributed by atoms with van der Waals surface area (Å²) >= 11 is 3.38. The van der Waals surface area contributed by atoms with Gasteiger partial charge in [-0.05, 0) is 55.2 Å². The minimum absolute atomic E-state index is 0.0701. The second-order valence-electron chi connectivity index (χ2n) is 10.8. The zero-order valence-corrected chi connectivity index (χ0v) is 26.0. The van der Waals surface area contributed by atoms with E-state index in [9.17, 15) is 18.0 Å². The fourth-order valence-electron chi connectivity index (χ4n) is 5.33. The first-order chi connectivity index (χ1) is 19.6. The Kier molecular flexibility index (Phi) is 10.6. The Balaban J connectivity index is 1.71. The average Bonchev–Trinajstić information content (AvgIpc) is 2.94. The highest BCUT2D eigenvalue weighted by Crippen LogP contribution is 2.23. The Hall–Kier alpha value is -3.17. The predicted molar refractivity (Wildman–Crippen MR) is 167 cm³/mol. The summed E-state index contributed by atoms with van der Waals surface area (Å²) in [6.45, 7) is 1.73. The molecule has 3 aromatic carbocycles. The number of carbonyl (C=O) groups excluding carboxylic acids is 2. The van der Waals surface area contributed by atoms with Crippen molar-refractivity contribution in [3.63, 3.8) is 0 Å². The maximum Gasteiger partial charge on any atom is 0.244 e. The first-order valence-electron chi connectivity index (χ1n) is 14.0. The summed E-state index contributed by atoms with van der Waals surface area (Å²) in [5, 5.41) is 3.22. The van der Waals surface area contributed by atoms with E-state index in [0.717, 1.165) is 63.8 Å². The fourth-order valence-corrected chi connectivity index (χ4v) is 6.44. The first kappa shape index (κ1) is 30.8. The summed E-state index contributed by atoms with van der Waals surface area (Å²) in [6.07, 6.45) is 6.53. The number of nitrogens with zero attached hydrogens (tertiary/aromatic N) is 2. The molecule has 0 heterocycles. The van der Waals surface area contributed by atoms with Gasteiger partial charge in [0.2, 0.25) is 21.8 Å². The molecule has 218 valence electrons. The molecule has 0 spiro atoms. The smallest absolute Gasteiger partial charge is 0.244 e. The van der Waals surface area contributed by atoms with Crippen LogP contribution in [0.2, 0.25) is 0 Å². The number of rotatable bonds is 11. The van der Waals surface area contributed by atoms with Crippen molar-refractivity contribution in [2.45, 2.75) is 64.1 Å². The molecule has 41 heavy (non-hydrogen) atoms. The van der Waals surface area contributed by atoms with Gasteiger partial charge in [0.1, 0.15) is 12.6 Å². The van der Waals surface area contributed by atoms with Crippen LogP contribution in [0.3, 0.4) is 0 Å². The molecule has 0 aromatic heterocycles. The lowest BCUT2D eigenvalue weighted by Gasteiger charge is -2.35. The Bertz CT molecular complexity index is 1420. The van der Waals surface area contributed by atoms with Crippen molar-refractivity contribution in [1.29, 1.82) is 0 Å². The van der Waals surface area contributed by atoms with Crippen molar-refractivity contribution >= 4 is 43.5 Å². The lowest BCUT2D eigenvalue weighted by Crippen LogP contribution is -2.55. The molecule has 1 fully saturated rings. The lowest BCUT2D eigenvalue weighted by molar-refractivity contribution is -0.140. The van der Waals surface area contributed by atoms with Crippen molar-refractivity contribution in [2.24, 2.45) is 0 Å². The third-order valence-electron chi connectivity index (χ3n) is 7.45. The fraction of sp³-hybridized carbons (Fsp3) is 0.375. The summed E-state index contributed by atoms with van der Waals surface area (Å²) in [4.78, 5) is 29.7. The monoisotopic (exact) mass is 639 g/mol. The van der Waals surface area contributed by atoms with E-state index in [1.54, 1.807) is 29.2 Å². The van der Waals surface area contributed by atoms with Gasteiger partial charge in [0.05, 0.1) is 11.9 Å². The van der Waals surface area contributed by atoms with Gasteiger partial charge in [0.25, 0.3) is 0 Å². The van der Waals surface area contributed by atoms with Crippen molar-refractivity contribution in [3.8, 4) is 0 Å². The highest BCUT2D eigenvalue weighted by Gasteiger charge is 2.34. The average molecular weight is 641 g/mol. The van der Waals surface area contributed by atoms with Gasteiger partial charge >= 0.3 is 0 Å². The molecule has 4 rings (SSSR count). The maximum atomic E-state index is 14.2. The molecular formula is C32H38BrN3O4S. The standard InChI is InChI=1S/C32H38BrN3O4S/c1-24-10-9-13-26(20-24)22-35(31(37)23-36(41(2,39)40)29-18-16-27(33)17-19-29)30(21-25-11-5-3-6-12-25)32(38)34-28-14-7-4-8-15-28/h3,5-6,9-13,16-20,28,30H,4,7-8,14-15,21-23H2,1-2H3,(H,34,38). The Morgan fingerprint density at radius 1 is 0.927 bits per heavy atom. The number of benzene rings is 3. The molecule has 0 saturated heterocycles. The SMILES string of the molecule is Cc1cccc(CN(C(=O)CN(c2ccc(Br)cc2)S(C)(=O)=O)C(Cc2ccccc2)C(=O)NC2CCCCC2)c1. The van der Waals surface area contributed by atoms with E-state index < -0.39 is 28.5 Å². The summed E-state index contributed by atoms with van der Waals surface area (Å²) < 4.78 is 27.7. The van der Waals surface area contributed by atoms with Crippen LogP contribution in [0.4, 0.5) is 5.69 Å². The van der Waals surface area contributed by atoms with E-state index in [2.05, 4.69) is 21.2 Å². The van der Waals surface area contributed by atoms with Gasteiger partial charge in [-0.15, -0.1) is 0 Å². The topological polar surface area (TPSA) is 86.8 Å². The van der Waals surface area contributed by atoms with E-state index in [0.29, 0.717) is 12.1 Å². The molecule has 1 unspecified atom stereocenters. The van der Waals surface area contributed by atoms with Crippen molar-refractivity contribution in [3.05, 3.63) is 100 Å².